The first-order chi connectivity index (χ1) is 11.5. The summed E-state index contributed by atoms with van der Waals surface area (Å²) < 4.78 is 0.845. The lowest BCUT2D eigenvalue weighted by Crippen LogP contribution is -2.11. The van der Waals surface area contributed by atoms with Crippen LogP contribution in [0.4, 0.5) is 11.4 Å². The third-order valence-electron chi connectivity index (χ3n) is 3.55. The van der Waals surface area contributed by atoms with Gasteiger partial charge in [-0.3, -0.25) is 4.79 Å². The number of aromatic nitrogens is 1. The number of rotatable bonds is 4. The van der Waals surface area contributed by atoms with Crippen molar-refractivity contribution in [2.24, 2.45) is 10.2 Å². The fraction of sp³-hybridized carbons (Fsp3) is 0.118. The van der Waals surface area contributed by atoms with Crippen molar-refractivity contribution in [3.8, 4) is 5.88 Å². The molecule has 0 spiro atoms. The van der Waals surface area contributed by atoms with Gasteiger partial charge < -0.3 is 15.4 Å². The predicted octanol–water partition coefficient (Wildman–Crippen LogP) is 4.67. The van der Waals surface area contributed by atoms with E-state index in [1.165, 1.54) is 0 Å². The minimum Gasteiger partial charge on any atom is -0.493 e. The van der Waals surface area contributed by atoms with Gasteiger partial charge in [-0.2, -0.15) is 0 Å². The zero-order valence-electron chi connectivity index (χ0n) is 12.9. The van der Waals surface area contributed by atoms with Gasteiger partial charge >= 0.3 is 0 Å². The fourth-order valence-corrected chi connectivity index (χ4v) is 2.68. The van der Waals surface area contributed by atoms with E-state index < -0.39 is 5.91 Å². The van der Waals surface area contributed by atoms with Crippen molar-refractivity contribution in [2.45, 2.75) is 6.92 Å². The second-order valence-corrected chi connectivity index (χ2v) is 6.19. The lowest BCUT2D eigenvalue weighted by molar-refractivity contribution is -0.116. The van der Waals surface area contributed by atoms with Crippen LogP contribution in [0.5, 0.6) is 5.88 Å². The Morgan fingerprint density at radius 3 is 2.88 bits per heavy atom. The molecule has 0 saturated heterocycles. The van der Waals surface area contributed by atoms with Gasteiger partial charge in [-0.15, -0.1) is 10.2 Å². The minimum absolute atomic E-state index is 0.0289. The molecular formula is C17H15BrN4O2. The molecule has 1 amide bonds. The molecule has 7 heteroatoms. The van der Waals surface area contributed by atoms with Gasteiger partial charge in [0.15, 0.2) is 5.69 Å². The average Bonchev–Trinajstić information content (AvgIpc) is 2.87. The number of para-hydroxylation sites is 1. The summed E-state index contributed by atoms with van der Waals surface area (Å²) in [6.07, 6.45) is 0. The number of H-pyrrole nitrogens is 1. The Kier molecular flexibility index (Phi) is 4.61. The third-order valence-corrected chi connectivity index (χ3v) is 4.04. The summed E-state index contributed by atoms with van der Waals surface area (Å²) in [5.41, 5.74) is 2.88. The zero-order valence-corrected chi connectivity index (χ0v) is 14.5. The summed E-state index contributed by atoms with van der Waals surface area (Å²) in [4.78, 5) is 14.7. The van der Waals surface area contributed by atoms with E-state index in [-0.39, 0.29) is 18.1 Å². The van der Waals surface area contributed by atoms with Crippen LogP contribution >= 0.6 is 15.9 Å². The summed E-state index contributed by atoms with van der Waals surface area (Å²) in [6, 6.07) is 13.1. The Morgan fingerprint density at radius 1 is 1.29 bits per heavy atom. The highest BCUT2D eigenvalue weighted by atomic mass is 79.9. The molecular weight excluding hydrogens is 372 g/mol. The molecule has 0 atom stereocenters. The maximum Gasteiger partial charge on any atom is 0.283 e. The summed E-state index contributed by atoms with van der Waals surface area (Å²) >= 11 is 3.37. The van der Waals surface area contributed by atoms with Crippen molar-refractivity contribution in [1.82, 2.24) is 4.98 Å². The number of carbonyl (C=O) groups is 1. The maximum absolute atomic E-state index is 11.9. The van der Waals surface area contributed by atoms with Crippen LogP contribution in [0.3, 0.4) is 0 Å². The molecule has 0 saturated carbocycles. The number of halogens is 1. The quantitative estimate of drug-likeness (QED) is 0.569. The highest BCUT2D eigenvalue weighted by Crippen LogP contribution is 2.36. The van der Waals surface area contributed by atoms with Crippen LogP contribution in [0.1, 0.15) is 5.56 Å². The number of anilines is 1. The van der Waals surface area contributed by atoms with Crippen LogP contribution < -0.4 is 5.32 Å². The number of hydrogen-bond acceptors (Lipinski definition) is 4. The first-order valence-corrected chi connectivity index (χ1v) is 8.08. The van der Waals surface area contributed by atoms with Crippen LogP contribution in [-0.2, 0) is 4.79 Å². The van der Waals surface area contributed by atoms with E-state index in [0.717, 1.165) is 21.2 Å². The number of benzene rings is 2. The number of fused-ring (bicyclic) bond motifs is 1. The van der Waals surface area contributed by atoms with E-state index in [1.54, 1.807) is 12.1 Å². The van der Waals surface area contributed by atoms with Crippen molar-refractivity contribution >= 4 is 44.1 Å². The molecule has 3 aromatic rings. The molecule has 122 valence electrons. The number of azo groups is 1. The van der Waals surface area contributed by atoms with Crippen LogP contribution in [0.2, 0.25) is 0 Å². The Balaban J connectivity index is 1.74. The Hall–Kier alpha value is -2.67. The van der Waals surface area contributed by atoms with Gasteiger partial charge in [0, 0.05) is 15.5 Å². The molecule has 3 N–H and O–H groups in total. The van der Waals surface area contributed by atoms with Crippen LogP contribution in [0.25, 0.3) is 10.9 Å². The minimum atomic E-state index is -0.429. The van der Waals surface area contributed by atoms with E-state index in [9.17, 15) is 9.90 Å². The van der Waals surface area contributed by atoms with Crippen molar-refractivity contribution in [2.75, 3.05) is 11.9 Å². The number of aromatic amines is 1. The molecule has 0 aliphatic heterocycles. The van der Waals surface area contributed by atoms with Gasteiger partial charge in [-0.25, -0.2) is 0 Å². The topological polar surface area (TPSA) is 89.8 Å². The smallest absolute Gasteiger partial charge is 0.283 e. The second kappa shape index (κ2) is 6.84. The van der Waals surface area contributed by atoms with E-state index in [1.807, 2.05) is 37.3 Å². The molecule has 2 aromatic carbocycles. The third kappa shape index (κ3) is 3.46. The highest BCUT2D eigenvalue weighted by molar-refractivity contribution is 9.10. The normalized spacial score (nSPS) is 11.2. The van der Waals surface area contributed by atoms with Crippen molar-refractivity contribution in [3.63, 3.8) is 0 Å². The fourth-order valence-electron chi connectivity index (χ4n) is 2.32. The summed E-state index contributed by atoms with van der Waals surface area (Å²) in [7, 11) is 0. The van der Waals surface area contributed by atoms with Gasteiger partial charge in [0.05, 0.1) is 12.1 Å². The molecule has 0 bridgehead atoms. The van der Waals surface area contributed by atoms with Gasteiger partial charge in [0.1, 0.15) is 0 Å². The Bertz CT molecular complexity index is 933. The average molecular weight is 387 g/mol. The van der Waals surface area contributed by atoms with Crippen molar-refractivity contribution in [3.05, 3.63) is 52.5 Å². The number of nitrogens with zero attached hydrogens (tertiary/aromatic N) is 2. The second-order valence-electron chi connectivity index (χ2n) is 5.27. The first kappa shape index (κ1) is 16.2. The van der Waals surface area contributed by atoms with Gasteiger partial charge in [0.25, 0.3) is 5.91 Å². The number of aryl methyl sites for hydroxylation is 1. The monoisotopic (exact) mass is 386 g/mol. The SMILES string of the molecule is Cc1ccccc1NCC(=O)N=Nc1c(O)[nH]c2ccc(Br)cc12. The number of amides is 1. The molecule has 0 radical (unpaired) electrons. The Labute approximate surface area is 146 Å². The first-order valence-electron chi connectivity index (χ1n) is 7.29. The van der Waals surface area contributed by atoms with E-state index in [2.05, 4.69) is 36.5 Å². The highest BCUT2D eigenvalue weighted by Gasteiger charge is 2.11. The van der Waals surface area contributed by atoms with Crippen molar-refractivity contribution < 1.29 is 9.90 Å². The molecule has 0 aliphatic rings. The largest absolute Gasteiger partial charge is 0.493 e. The molecule has 6 nitrogen and oxygen atoms in total. The van der Waals surface area contributed by atoms with Gasteiger partial charge in [-0.05, 0) is 36.8 Å². The molecule has 1 aromatic heterocycles. The zero-order chi connectivity index (χ0) is 17.1. The van der Waals surface area contributed by atoms with Crippen LogP contribution in [0.15, 0.2) is 57.2 Å². The lowest BCUT2D eigenvalue weighted by atomic mass is 10.2. The number of hydrogen-bond donors (Lipinski definition) is 3. The lowest BCUT2D eigenvalue weighted by Gasteiger charge is -2.06. The number of nitrogens with one attached hydrogen (secondary N) is 2. The van der Waals surface area contributed by atoms with E-state index in [0.29, 0.717) is 5.39 Å². The number of aromatic hydroxyl groups is 1. The molecule has 0 unspecified atom stereocenters. The predicted molar refractivity (Wildman–Crippen MR) is 96.9 cm³/mol. The standard InChI is InChI=1S/C17H15BrN4O2/c1-10-4-2-3-5-13(10)19-9-15(23)21-22-16-12-8-11(18)6-7-14(12)20-17(16)24/h2-8,19-20,24H,9H2,1H3. The van der Waals surface area contributed by atoms with Crippen LogP contribution in [0, 0.1) is 6.92 Å². The summed E-state index contributed by atoms with van der Waals surface area (Å²) in [6.45, 7) is 1.98. The maximum atomic E-state index is 11.9. The molecule has 1 heterocycles. The number of carbonyl (C=O) groups excluding carboxylic acids is 1. The molecule has 0 aliphatic carbocycles. The van der Waals surface area contributed by atoms with Gasteiger partial charge in [-0.1, -0.05) is 34.1 Å². The van der Waals surface area contributed by atoms with Crippen LogP contribution in [-0.4, -0.2) is 22.5 Å². The van der Waals surface area contributed by atoms with Gasteiger partial charge in [0.2, 0.25) is 5.88 Å². The van der Waals surface area contributed by atoms with E-state index in [4.69, 9.17) is 0 Å². The Morgan fingerprint density at radius 2 is 2.08 bits per heavy atom. The molecule has 24 heavy (non-hydrogen) atoms. The van der Waals surface area contributed by atoms with Crippen molar-refractivity contribution in [1.29, 1.82) is 0 Å². The summed E-state index contributed by atoms with van der Waals surface area (Å²) in [5, 5.41) is 21.2. The summed E-state index contributed by atoms with van der Waals surface area (Å²) in [5.74, 6) is -0.548. The molecule has 3 rings (SSSR count). The molecule has 0 fully saturated rings. The van der Waals surface area contributed by atoms with E-state index >= 15 is 0 Å².